The van der Waals surface area contributed by atoms with Crippen molar-refractivity contribution in [2.75, 3.05) is 0 Å². The van der Waals surface area contributed by atoms with Crippen molar-refractivity contribution in [2.24, 2.45) is 5.92 Å². The van der Waals surface area contributed by atoms with Crippen LogP contribution in [0.4, 0.5) is 0 Å². The number of hydrogen-bond donors (Lipinski definition) is 1. The van der Waals surface area contributed by atoms with E-state index in [0.29, 0.717) is 5.92 Å². The van der Waals surface area contributed by atoms with Gasteiger partial charge in [0.1, 0.15) is 0 Å². The summed E-state index contributed by atoms with van der Waals surface area (Å²) in [6, 6.07) is 0. The average molecular weight is 139 g/mol. The lowest BCUT2D eigenvalue weighted by atomic mass is 9.88. The summed E-state index contributed by atoms with van der Waals surface area (Å²) in [7, 11) is 0. The molecule has 1 aliphatic rings. The van der Waals surface area contributed by atoms with Gasteiger partial charge in [-0.2, -0.15) is 0 Å². The smallest absolute Gasteiger partial charge is 0.0377 e. The van der Waals surface area contributed by atoms with E-state index in [2.05, 4.69) is 39.9 Å². The van der Waals surface area contributed by atoms with Gasteiger partial charge in [-0.25, -0.2) is 0 Å². The summed E-state index contributed by atoms with van der Waals surface area (Å²) in [5, 5.41) is 3.47. The van der Waals surface area contributed by atoms with Gasteiger partial charge in [0.2, 0.25) is 0 Å². The van der Waals surface area contributed by atoms with Gasteiger partial charge in [0, 0.05) is 17.2 Å². The molecule has 0 spiro atoms. The Morgan fingerprint density at radius 2 is 1.80 bits per heavy atom. The molecule has 0 aromatic heterocycles. The number of hydrogen-bond acceptors (Lipinski definition) is 1. The maximum absolute atomic E-state index is 3.47. The van der Waals surface area contributed by atoms with Crippen LogP contribution in [0, 0.1) is 5.92 Å². The highest BCUT2D eigenvalue weighted by Gasteiger charge is 2.33. The van der Waals surface area contributed by atoms with Crippen LogP contribution in [-0.2, 0) is 0 Å². The third kappa shape index (κ3) is 0.938. The summed E-state index contributed by atoms with van der Waals surface area (Å²) < 4.78 is 0. The van der Waals surface area contributed by atoms with E-state index in [1.165, 1.54) is 11.3 Å². The normalized spacial score (nSPS) is 30.7. The Morgan fingerprint density at radius 1 is 1.30 bits per heavy atom. The van der Waals surface area contributed by atoms with Crippen molar-refractivity contribution >= 4 is 0 Å². The first-order valence-electron chi connectivity index (χ1n) is 3.90. The van der Waals surface area contributed by atoms with Crippen molar-refractivity contribution in [1.82, 2.24) is 5.32 Å². The van der Waals surface area contributed by atoms with Crippen molar-refractivity contribution in [1.29, 1.82) is 0 Å². The Balaban J connectivity index is 2.87. The summed E-state index contributed by atoms with van der Waals surface area (Å²) in [5.74, 6) is 0.674. The SMILES string of the molecule is CC1=C(C)C(C)C(C)(C)N1. The van der Waals surface area contributed by atoms with E-state index < -0.39 is 0 Å². The Morgan fingerprint density at radius 3 is 1.90 bits per heavy atom. The molecule has 0 bridgehead atoms. The second kappa shape index (κ2) is 2.01. The Labute approximate surface area is 63.5 Å². The predicted octanol–water partition coefficient (Wildman–Crippen LogP) is 2.30. The van der Waals surface area contributed by atoms with E-state index >= 15 is 0 Å². The summed E-state index contributed by atoms with van der Waals surface area (Å²) in [6.45, 7) is 11.1. The van der Waals surface area contributed by atoms with Gasteiger partial charge in [0.25, 0.3) is 0 Å². The largest absolute Gasteiger partial charge is 0.383 e. The molecule has 10 heavy (non-hydrogen) atoms. The molecule has 1 unspecified atom stereocenters. The first-order chi connectivity index (χ1) is 4.45. The summed E-state index contributed by atoms with van der Waals surface area (Å²) >= 11 is 0. The zero-order chi connectivity index (χ0) is 7.94. The lowest BCUT2D eigenvalue weighted by Gasteiger charge is -2.26. The van der Waals surface area contributed by atoms with Crippen LogP contribution in [0.5, 0.6) is 0 Å². The Bertz CT molecular complexity index is 177. The maximum atomic E-state index is 3.47. The highest BCUT2D eigenvalue weighted by atomic mass is 15.0. The van der Waals surface area contributed by atoms with E-state index in [1.54, 1.807) is 0 Å². The quantitative estimate of drug-likeness (QED) is 0.543. The Hall–Kier alpha value is -0.460. The van der Waals surface area contributed by atoms with Crippen LogP contribution in [0.2, 0.25) is 0 Å². The van der Waals surface area contributed by atoms with Crippen LogP contribution in [0.3, 0.4) is 0 Å². The van der Waals surface area contributed by atoms with Crippen molar-refractivity contribution in [3.63, 3.8) is 0 Å². The van der Waals surface area contributed by atoms with Gasteiger partial charge in [-0.15, -0.1) is 0 Å². The molecule has 0 amide bonds. The second-order valence-corrected chi connectivity index (χ2v) is 3.88. The molecule has 0 aromatic carbocycles. The van der Waals surface area contributed by atoms with E-state index in [9.17, 15) is 0 Å². The fraction of sp³-hybridized carbons (Fsp3) is 0.778. The molecule has 0 saturated heterocycles. The minimum atomic E-state index is 0.272. The lowest BCUT2D eigenvalue weighted by molar-refractivity contribution is 0.367. The van der Waals surface area contributed by atoms with E-state index in [4.69, 9.17) is 0 Å². The summed E-state index contributed by atoms with van der Waals surface area (Å²) in [5.41, 5.74) is 3.14. The molecule has 1 heteroatoms. The molecule has 0 fully saturated rings. The summed E-state index contributed by atoms with van der Waals surface area (Å²) in [6.07, 6.45) is 0. The first kappa shape index (κ1) is 7.64. The molecular weight excluding hydrogens is 122 g/mol. The van der Waals surface area contributed by atoms with E-state index in [-0.39, 0.29) is 5.54 Å². The highest BCUT2D eigenvalue weighted by Crippen LogP contribution is 2.32. The third-order valence-corrected chi connectivity index (χ3v) is 2.83. The molecule has 1 nitrogen and oxygen atoms in total. The topological polar surface area (TPSA) is 12.0 Å². The molecule has 0 aromatic rings. The van der Waals surface area contributed by atoms with Crippen molar-refractivity contribution in [2.45, 2.75) is 40.2 Å². The number of rotatable bonds is 0. The van der Waals surface area contributed by atoms with Crippen LogP contribution in [0.15, 0.2) is 11.3 Å². The molecule has 0 radical (unpaired) electrons. The molecule has 1 heterocycles. The van der Waals surface area contributed by atoms with Crippen molar-refractivity contribution < 1.29 is 0 Å². The van der Waals surface area contributed by atoms with Crippen LogP contribution in [-0.4, -0.2) is 5.54 Å². The standard InChI is InChI=1S/C9H17N/c1-6-7(2)9(4,5)10-8(6)3/h7,10H,1-5H3. The zero-order valence-electron chi connectivity index (χ0n) is 7.58. The van der Waals surface area contributed by atoms with E-state index in [1.807, 2.05) is 0 Å². The maximum Gasteiger partial charge on any atom is 0.0377 e. The second-order valence-electron chi connectivity index (χ2n) is 3.88. The molecule has 58 valence electrons. The van der Waals surface area contributed by atoms with Crippen LogP contribution in [0.25, 0.3) is 0 Å². The van der Waals surface area contributed by atoms with Gasteiger partial charge in [0.05, 0.1) is 0 Å². The van der Waals surface area contributed by atoms with Gasteiger partial charge in [-0.3, -0.25) is 0 Å². The van der Waals surface area contributed by atoms with Gasteiger partial charge in [-0.05, 0) is 33.3 Å². The van der Waals surface area contributed by atoms with Gasteiger partial charge >= 0.3 is 0 Å². The molecule has 1 rings (SSSR count). The average Bonchev–Trinajstić information content (AvgIpc) is 1.95. The van der Waals surface area contributed by atoms with Gasteiger partial charge < -0.3 is 5.32 Å². The fourth-order valence-corrected chi connectivity index (χ4v) is 1.56. The van der Waals surface area contributed by atoms with Gasteiger partial charge in [-0.1, -0.05) is 6.92 Å². The zero-order valence-corrected chi connectivity index (χ0v) is 7.58. The van der Waals surface area contributed by atoms with Crippen LogP contribution in [0.1, 0.15) is 34.6 Å². The molecular formula is C9H17N. The monoisotopic (exact) mass is 139 g/mol. The van der Waals surface area contributed by atoms with E-state index in [0.717, 1.165) is 0 Å². The Kier molecular flexibility index (Phi) is 1.54. The molecule has 0 saturated carbocycles. The number of nitrogens with one attached hydrogen (secondary N) is 1. The fourth-order valence-electron chi connectivity index (χ4n) is 1.56. The molecule has 1 atom stereocenters. The highest BCUT2D eigenvalue weighted by molar-refractivity contribution is 5.23. The number of allylic oxidation sites excluding steroid dienone is 1. The predicted molar refractivity (Wildman–Crippen MR) is 44.8 cm³/mol. The third-order valence-electron chi connectivity index (χ3n) is 2.83. The minimum absolute atomic E-state index is 0.272. The molecule has 1 aliphatic heterocycles. The minimum Gasteiger partial charge on any atom is -0.383 e. The van der Waals surface area contributed by atoms with Crippen molar-refractivity contribution in [3.8, 4) is 0 Å². The molecule has 1 N–H and O–H groups in total. The summed E-state index contributed by atoms with van der Waals surface area (Å²) in [4.78, 5) is 0. The molecule has 0 aliphatic carbocycles. The van der Waals surface area contributed by atoms with Crippen LogP contribution >= 0.6 is 0 Å². The van der Waals surface area contributed by atoms with Crippen LogP contribution < -0.4 is 5.32 Å². The van der Waals surface area contributed by atoms with Gasteiger partial charge in [0.15, 0.2) is 0 Å². The first-order valence-corrected chi connectivity index (χ1v) is 3.90. The lowest BCUT2D eigenvalue weighted by Crippen LogP contribution is -2.38. The van der Waals surface area contributed by atoms with Crippen molar-refractivity contribution in [3.05, 3.63) is 11.3 Å².